The summed E-state index contributed by atoms with van der Waals surface area (Å²) in [5.41, 5.74) is 6.84. The molecule has 17 nitrogen and oxygen atoms in total. The highest BCUT2D eigenvalue weighted by Gasteiger charge is 2.30. The number of nitrogens with one attached hydrogen (secondary N) is 3. The van der Waals surface area contributed by atoms with Gasteiger partial charge in [-0.2, -0.15) is 15.5 Å². The smallest absolute Gasteiger partial charge is 0.317 e. The van der Waals surface area contributed by atoms with Gasteiger partial charge in [0.05, 0.1) is 40.9 Å². The Bertz CT molecular complexity index is 2760. The Balaban J connectivity index is 0.727. The number of nitriles is 1. The largest absolute Gasteiger partial charge is 0.374 e. The predicted octanol–water partition coefficient (Wildman–Crippen LogP) is 5.22. The van der Waals surface area contributed by atoms with Crippen molar-refractivity contribution in [2.45, 2.75) is 63.2 Å². The Morgan fingerprint density at radius 3 is 2.38 bits per heavy atom. The van der Waals surface area contributed by atoms with E-state index in [2.05, 4.69) is 66.2 Å². The van der Waals surface area contributed by atoms with Crippen molar-refractivity contribution in [3.05, 3.63) is 109 Å². The molecule has 0 radical (unpaired) electrons. The third kappa shape index (κ3) is 9.11. The summed E-state index contributed by atoms with van der Waals surface area (Å²) in [7, 11) is 0. The molecular weight excluding hydrogens is 840 g/mol. The van der Waals surface area contributed by atoms with E-state index < -0.39 is 17.8 Å². The summed E-state index contributed by atoms with van der Waals surface area (Å²) >= 11 is 0. The summed E-state index contributed by atoms with van der Waals surface area (Å²) < 4.78 is 19.0. The molecule has 9 heterocycles. The molecule has 0 saturated carbocycles. The molecule has 6 aromatic rings. The fourth-order valence-electron chi connectivity index (χ4n) is 9.61. The number of aromatic nitrogens is 6. The number of hydrogen-bond acceptors (Lipinski definition) is 12. The number of amides is 4. The van der Waals surface area contributed by atoms with Crippen LogP contribution < -0.4 is 25.8 Å². The zero-order chi connectivity index (χ0) is 45.1. The fraction of sp³-hybridized carbons (Fsp3) is 0.375. The van der Waals surface area contributed by atoms with E-state index >= 15 is 4.39 Å². The quantitative estimate of drug-likeness (QED) is 0.153. The van der Waals surface area contributed by atoms with Crippen molar-refractivity contribution in [3.8, 4) is 28.3 Å². The standard InChI is InChI=1S/C48H51FN14O3/c49-41-24-37(55-42-6-9-45(64)57-47(42)65)5-7-43(41)59-15-10-36(11-16-59)56-48(66)61-17-12-39(13-18-61)62-30-35(28-53-62)33-23-40(46-34(25-50)27-54-63(46)29-33)32-4-8-44(52-26-32)60-21-19-58(20-22-60)31-38-3-1-2-14-51-38/h1-5,7-8,14,23-24,26-30,36,39,42,55H,6,9-13,15-22,31H2,(H,56,66)(H,57,64,65). The number of anilines is 3. The Kier molecular flexibility index (Phi) is 12.0. The number of halogens is 1. The van der Waals surface area contributed by atoms with Gasteiger partial charge < -0.3 is 25.3 Å². The number of carbonyl (C=O) groups is 3. The van der Waals surface area contributed by atoms with Gasteiger partial charge in [0.1, 0.15) is 23.7 Å². The molecule has 0 bridgehead atoms. The molecule has 4 saturated heterocycles. The number of urea groups is 1. The lowest BCUT2D eigenvalue weighted by Crippen LogP contribution is -2.51. The van der Waals surface area contributed by atoms with E-state index in [1.54, 1.807) is 22.8 Å². The van der Waals surface area contributed by atoms with Crippen molar-refractivity contribution < 1.29 is 18.8 Å². The van der Waals surface area contributed by atoms with E-state index in [0.717, 1.165) is 84.8 Å². The van der Waals surface area contributed by atoms with E-state index in [1.807, 2.05) is 57.6 Å². The molecule has 4 aliphatic heterocycles. The van der Waals surface area contributed by atoms with Crippen LogP contribution in [-0.2, 0) is 16.1 Å². The van der Waals surface area contributed by atoms with Crippen LogP contribution >= 0.6 is 0 Å². The van der Waals surface area contributed by atoms with Gasteiger partial charge in [0.25, 0.3) is 0 Å². The van der Waals surface area contributed by atoms with Crippen LogP contribution in [0.2, 0.25) is 0 Å². The normalized spacial score (nSPS) is 18.9. The van der Waals surface area contributed by atoms with Crippen LogP contribution in [0.3, 0.4) is 0 Å². The molecule has 1 aromatic carbocycles. The highest BCUT2D eigenvalue weighted by Crippen LogP contribution is 2.34. The fourth-order valence-corrected chi connectivity index (χ4v) is 9.61. The van der Waals surface area contributed by atoms with Crippen LogP contribution in [-0.4, -0.2) is 121 Å². The molecule has 338 valence electrons. The van der Waals surface area contributed by atoms with Gasteiger partial charge in [-0.3, -0.25) is 29.5 Å². The highest BCUT2D eigenvalue weighted by molar-refractivity contribution is 6.01. The maximum absolute atomic E-state index is 15.3. The van der Waals surface area contributed by atoms with E-state index in [1.165, 1.54) is 6.07 Å². The van der Waals surface area contributed by atoms with Gasteiger partial charge in [0, 0.05) is 124 Å². The minimum atomic E-state index is -0.585. The second-order valence-corrected chi connectivity index (χ2v) is 17.5. The van der Waals surface area contributed by atoms with Gasteiger partial charge in [-0.25, -0.2) is 18.7 Å². The van der Waals surface area contributed by atoms with E-state index in [4.69, 9.17) is 10.1 Å². The first-order valence-electron chi connectivity index (χ1n) is 22.7. The number of nitrogens with zero attached hydrogens (tertiary/aromatic N) is 11. The van der Waals surface area contributed by atoms with Crippen LogP contribution in [0.1, 0.15) is 55.8 Å². The minimum Gasteiger partial charge on any atom is -0.374 e. The topological polar surface area (TPSA) is 185 Å². The number of carbonyl (C=O) groups excluding carboxylic acids is 3. The predicted molar refractivity (Wildman–Crippen MR) is 246 cm³/mol. The molecule has 5 aromatic heterocycles. The number of fused-ring (bicyclic) bond motifs is 1. The Morgan fingerprint density at radius 2 is 1.65 bits per heavy atom. The summed E-state index contributed by atoms with van der Waals surface area (Å²) in [6, 6.07) is 18.8. The molecule has 1 unspecified atom stereocenters. The maximum Gasteiger partial charge on any atom is 0.317 e. The number of hydrogen-bond donors (Lipinski definition) is 3. The number of piperazine rings is 1. The lowest BCUT2D eigenvalue weighted by molar-refractivity contribution is -0.133. The molecular formula is C48H51FN14O3. The number of rotatable bonds is 10. The van der Waals surface area contributed by atoms with Crippen LogP contribution in [0, 0.1) is 17.1 Å². The first kappa shape index (κ1) is 42.6. The van der Waals surface area contributed by atoms with Crippen LogP contribution in [0.25, 0.3) is 27.8 Å². The van der Waals surface area contributed by atoms with Crippen molar-refractivity contribution in [2.24, 2.45) is 0 Å². The second kappa shape index (κ2) is 18.6. The van der Waals surface area contributed by atoms with E-state index in [9.17, 15) is 19.6 Å². The summed E-state index contributed by atoms with van der Waals surface area (Å²) in [6.07, 6.45) is 14.6. The molecule has 0 aliphatic carbocycles. The zero-order valence-electron chi connectivity index (χ0n) is 36.5. The molecule has 4 aliphatic rings. The molecule has 4 fully saturated rings. The maximum atomic E-state index is 15.3. The summed E-state index contributed by atoms with van der Waals surface area (Å²) in [5, 5.41) is 27.9. The molecule has 10 rings (SSSR count). The Morgan fingerprint density at radius 1 is 0.818 bits per heavy atom. The first-order chi connectivity index (χ1) is 32.2. The summed E-state index contributed by atoms with van der Waals surface area (Å²) in [6.45, 7) is 6.80. The van der Waals surface area contributed by atoms with Gasteiger partial charge in [0.2, 0.25) is 11.8 Å². The molecule has 3 N–H and O–H groups in total. The number of pyridine rings is 3. The van der Waals surface area contributed by atoms with Crippen LogP contribution in [0.15, 0.2) is 91.8 Å². The molecule has 0 spiro atoms. The van der Waals surface area contributed by atoms with Crippen molar-refractivity contribution in [2.75, 3.05) is 67.5 Å². The van der Waals surface area contributed by atoms with Gasteiger partial charge in [-0.15, -0.1) is 0 Å². The first-order valence-corrected chi connectivity index (χ1v) is 22.7. The van der Waals surface area contributed by atoms with Crippen molar-refractivity contribution in [1.29, 1.82) is 5.26 Å². The van der Waals surface area contributed by atoms with Gasteiger partial charge in [-0.1, -0.05) is 6.07 Å². The van der Waals surface area contributed by atoms with Crippen molar-refractivity contribution in [1.82, 2.24) is 49.8 Å². The number of likely N-dealkylation sites (tertiary alicyclic amines) is 1. The Hall–Kier alpha value is -7.39. The van der Waals surface area contributed by atoms with Crippen LogP contribution in [0.4, 0.5) is 26.4 Å². The van der Waals surface area contributed by atoms with Gasteiger partial charge >= 0.3 is 6.03 Å². The van der Waals surface area contributed by atoms with E-state index in [-0.39, 0.29) is 30.4 Å². The lowest BCUT2D eigenvalue weighted by Gasteiger charge is -2.37. The number of piperidine rings is 3. The molecule has 18 heteroatoms. The van der Waals surface area contributed by atoms with Gasteiger partial charge in [-0.05, 0) is 80.6 Å². The average molecular weight is 891 g/mol. The number of benzene rings is 1. The lowest BCUT2D eigenvalue weighted by atomic mass is 10.0. The summed E-state index contributed by atoms with van der Waals surface area (Å²) in [5.74, 6) is -0.172. The SMILES string of the molecule is N#Cc1cnn2cc(-c3cnn(C4CCN(C(=O)NC5CCN(c6ccc(NC7CCC(=O)NC7=O)cc6F)CC5)CC4)c3)cc(-c3ccc(N4CCN(Cc5ccccn5)CC4)nc3)c12. The minimum absolute atomic E-state index is 0.0173. The Labute approximate surface area is 381 Å². The van der Waals surface area contributed by atoms with Crippen LogP contribution in [0.5, 0.6) is 0 Å². The van der Waals surface area contributed by atoms with Crippen molar-refractivity contribution in [3.63, 3.8) is 0 Å². The zero-order valence-corrected chi connectivity index (χ0v) is 36.5. The van der Waals surface area contributed by atoms with E-state index in [0.29, 0.717) is 62.4 Å². The van der Waals surface area contributed by atoms with Gasteiger partial charge in [0.15, 0.2) is 0 Å². The highest BCUT2D eigenvalue weighted by atomic mass is 19.1. The summed E-state index contributed by atoms with van der Waals surface area (Å²) in [4.78, 5) is 55.0. The average Bonchev–Trinajstić information content (AvgIpc) is 4.02. The molecule has 1 atom stereocenters. The molecule has 66 heavy (non-hydrogen) atoms. The monoisotopic (exact) mass is 890 g/mol. The third-order valence-corrected chi connectivity index (χ3v) is 13.4. The second-order valence-electron chi connectivity index (χ2n) is 17.5. The van der Waals surface area contributed by atoms with Crippen molar-refractivity contribution >= 4 is 40.6 Å². The molecule has 4 amide bonds. The number of imide groups is 1. The third-order valence-electron chi connectivity index (χ3n) is 13.4.